The van der Waals surface area contributed by atoms with Crippen LogP contribution in [0.2, 0.25) is 0 Å². The zero-order chi connectivity index (χ0) is 27.3. The topological polar surface area (TPSA) is 136 Å². The van der Waals surface area contributed by atoms with Crippen LogP contribution in [-0.2, 0) is 27.8 Å². The second-order valence-corrected chi connectivity index (χ2v) is 11.5. The summed E-state index contributed by atoms with van der Waals surface area (Å²) in [5.41, 5.74) is 2.07. The maximum atomic E-state index is 13.2. The van der Waals surface area contributed by atoms with Gasteiger partial charge in [0.2, 0.25) is 15.9 Å². The Kier molecular flexibility index (Phi) is 9.16. The molecule has 3 rings (SSSR count). The van der Waals surface area contributed by atoms with Gasteiger partial charge in [-0.1, -0.05) is 19.1 Å². The highest BCUT2D eigenvalue weighted by molar-refractivity contribution is 7.92. The summed E-state index contributed by atoms with van der Waals surface area (Å²) in [7, 11) is -1.56. The number of carboxylic acid groups (broad SMARTS) is 1. The molecule has 3 atom stereocenters. The van der Waals surface area contributed by atoms with Crippen LogP contribution in [0.4, 0.5) is 5.69 Å². The van der Waals surface area contributed by atoms with E-state index in [1.165, 1.54) is 0 Å². The number of nitrogens with one attached hydrogen (secondary N) is 1. The SMILES string of the molecule is C[C@H]1CN([C@@H](C)CO)C(=O)Cc2cc(NS(C)(=O)=O)ccc2O[C@H]1CN(C)Cc1ccc(C(=O)O)cc1. The summed E-state index contributed by atoms with van der Waals surface area (Å²) >= 11 is 0. The Balaban J connectivity index is 1.88. The monoisotopic (exact) mass is 533 g/mol. The molecule has 0 aliphatic carbocycles. The van der Waals surface area contributed by atoms with E-state index in [1.54, 1.807) is 54.3 Å². The van der Waals surface area contributed by atoms with E-state index in [9.17, 15) is 23.1 Å². The Labute approximate surface area is 217 Å². The van der Waals surface area contributed by atoms with Gasteiger partial charge < -0.3 is 19.8 Å². The number of hydrogen-bond donors (Lipinski definition) is 3. The Morgan fingerprint density at radius 2 is 1.92 bits per heavy atom. The lowest BCUT2D eigenvalue weighted by Gasteiger charge is -2.34. The zero-order valence-electron chi connectivity index (χ0n) is 21.5. The van der Waals surface area contributed by atoms with Crippen LogP contribution in [0.25, 0.3) is 0 Å². The van der Waals surface area contributed by atoms with Crippen LogP contribution in [0.3, 0.4) is 0 Å². The molecule has 2 aromatic carbocycles. The maximum absolute atomic E-state index is 13.2. The third-order valence-corrected chi connectivity index (χ3v) is 6.97. The molecule has 0 aromatic heterocycles. The van der Waals surface area contributed by atoms with Gasteiger partial charge in [0.1, 0.15) is 11.9 Å². The van der Waals surface area contributed by atoms with E-state index < -0.39 is 16.0 Å². The molecule has 0 saturated carbocycles. The molecule has 202 valence electrons. The Morgan fingerprint density at radius 1 is 1.24 bits per heavy atom. The first-order chi connectivity index (χ1) is 17.4. The highest BCUT2D eigenvalue weighted by atomic mass is 32.2. The number of hydrogen-bond acceptors (Lipinski definition) is 7. The van der Waals surface area contributed by atoms with Crippen molar-refractivity contribution >= 4 is 27.6 Å². The molecule has 1 heterocycles. The highest BCUT2D eigenvalue weighted by Crippen LogP contribution is 2.29. The van der Waals surface area contributed by atoms with Crippen molar-refractivity contribution in [3.63, 3.8) is 0 Å². The number of amides is 1. The van der Waals surface area contributed by atoms with Crippen molar-refractivity contribution in [2.45, 2.75) is 39.0 Å². The summed E-state index contributed by atoms with van der Waals surface area (Å²) in [5.74, 6) is -0.740. The van der Waals surface area contributed by atoms with E-state index in [-0.39, 0.29) is 42.6 Å². The van der Waals surface area contributed by atoms with Crippen LogP contribution in [0.1, 0.15) is 35.3 Å². The molecule has 0 bridgehead atoms. The molecule has 1 aliphatic rings. The van der Waals surface area contributed by atoms with Crippen LogP contribution < -0.4 is 9.46 Å². The van der Waals surface area contributed by atoms with Crippen LogP contribution in [0, 0.1) is 5.92 Å². The van der Waals surface area contributed by atoms with Crippen molar-refractivity contribution in [1.82, 2.24) is 9.80 Å². The minimum absolute atomic E-state index is 0.00413. The number of benzene rings is 2. The summed E-state index contributed by atoms with van der Waals surface area (Å²) in [6.07, 6.45) is 0.739. The van der Waals surface area contributed by atoms with Crippen molar-refractivity contribution in [3.05, 3.63) is 59.2 Å². The quantitative estimate of drug-likeness (QED) is 0.446. The summed E-state index contributed by atoms with van der Waals surface area (Å²) in [5, 5.41) is 18.9. The van der Waals surface area contributed by atoms with Gasteiger partial charge in [-0.3, -0.25) is 14.4 Å². The molecule has 1 aliphatic heterocycles. The summed E-state index contributed by atoms with van der Waals surface area (Å²) in [4.78, 5) is 28.1. The van der Waals surface area contributed by atoms with Gasteiger partial charge >= 0.3 is 5.97 Å². The Hall–Kier alpha value is -3.15. The second-order valence-electron chi connectivity index (χ2n) is 9.78. The lowest BCUT2D eigenvalue weighted by molar-refractivity contribution is -0.134. The lowest BCUT2D eigenvalue weighted by atomic mass is 10.0. The minimum atomic E-state index is -3.50. The van der Waals surface area contributed by atoms with E-state index in [0.29, 0.717) is 36.6 Å². The van der Waals surface area contributed by atoms with Gasteiger partial charge in [0.15, 0.2) is 0 Å². The fourth-order valence-corrected chi connectivity index (χ4v) is 4.92. The zero-order valence-corrected chi connectivity index (χ0v) is 22.4. The van der Waals surface area contributed by atoms with E-state index in [2.05, 4.69) is 9.62 Å². The van der Waals surface area contributed by atoms with Gasteiger partial charge in [-0.15, -0.1) is 0 Å². The number of rotatable bonds is 9. The molecule has 1 amide bonds. The molecule has 0 unspecified atom stereocenters. The van der Waals surface area contributed by atoms with Crippen LogP contribution in [-0.4, -0.2) is 85.5 Å². The van der Waals surface area contributed by atoms with Gasteiger partial charge in [-0.2, -0.15) is 0 Å². The number of anilines is 1. The fourth-order valence-electron chi connectivity index (χ4n) is 4.36. The Morgan fingerprint density at radius 3 is 2.51 bits per heavy atom. The predicted molar refractivity (Wildman–Crippen MR) is 140 cm³/mol. The van der Waals surface area contributed by atoms with E-state index in [4.69, 9.17) is 9.84 Å². The molecule has 0 radical (unpaired) electrons. The van der Waals surface area contributed by atoms with Gasteiger partial charge in [0.05, 0.1) is 30.9 Å². The standard InChI is InChI=1S/C26H35N3O7S/c1-17-13-29(18(2)16-30)25(31)12-21-11-22(27-37(4,34)35)9-10-23(21)36-24(17)15-28(3)14-19-5-7-20(8-6-19)26(32)33/h5-11,17-18,24,27,30H,12-16H2,1-4H3,(H,32,33)/t17-,18-,24-/m0/s1. The molecule has 3 N–H and O–H groups in total. The number of aliphatic hydroxyl groups is 1. The van der Waals surface area contributed by atoms with Crippen molar-refractivity contribution in [1.29, 1.82) is 0 Å². The molecule has 10 nitrogen and oxygen atoms in total. The number of carboxylic acids is 1. The number of likely N-dealkylation sites (N-methyl/N-ethyl adjacent to an activating group) is 1. The van der Waals surface area contributed by atoms with Gasteiger partial charge in [0, 0.05) is 36.8 Å². The number of sulfonamides is 1. The first-order valence-electron chi connectivity index (χ1n) is 12.0. The molecule has 37 heavy (non-hydrogen) atoms. The number of carbonyl (C=O) groups excluding carboxylic acids is 1. The van der Waals surface area contributed by atoms with Gasteiger partial charge in [-0.05, 0) is 49.9 Å². The van der Waals surface area contributed by atoms with Gasteiger partial charge in [-0.25, -0.2) is 13.2 Å². The number of fused-ring (bicyclic) bond motifs is 1. The molecule has 2 aromatic rings. The molecular formula is C26H35N3O7S. The molecule has 0 fully saturated rings. The highest BCUT2D eigenvalue weighted by Gasteiger charge is 2.31. The van der Waals surface area contributed by atoms with Crippen molar-refractivity contribution in [3.8, 4) is 5.75 Å². The van der Waals surface area contributed by atoms with E-state index in [0.717, 1.165) is 11.8 Å². The van der Waals surface area contributed by atoms with Crippen LogP contribution in [0.15, 0.2) is 42.5 Å². The van der Waals surface area contributed by atoms with Crippen molar-refractivity contribution in [2.24, 2.45) is 5.92 Å². The van der Waals surface area contributed by atoms with E-state index in [1.807, 2.05) is 14.0 Å². The normalized spacial score (nSPS) is 19.3. The average Bonchev–Trinajstić information content (AvgIpc) is 2.86. The maximum Gasteiger partial charge on any atom is 0.335 e. The fraction of sp³-hybridized carbons (Fsp3) is 0.462. The van der Waals surface area contributed by atoms with Gasteiger partial charge in [0.25, 0.3) is 0 Å². The molecular weight excluding hydrogens is 498 g/mol. The first-order valence-corrected chi connectivity index (χ1v) is 13.9. The molecule has 11 heteroatoms. The third-order valence-electron chi connectivity index (χ3n) is 6.36. The Bertz CT molecular complexity index is 1220. The first kappa shape index (κ1) is 28.4. The smallest absolute Gasteiger partial charge is 0.335 e. The number of nitrogens with zero attached hydrogens (tertiary/aromatic N) is 2. The summed E-state index contributed by atoms with van der Waals surface area (Å²) < 4.78 is 32.3. The van der Waals surface area contributed by atoms with Crippen molar-refractivity contribution in [2.75, 3.05) is 37.7 Å². The summed E-state index contributed by atoms with van der Waals surface area (Å²) in [6.45, 7) is 5.06. The number of aromatic carboxylic acids is 1. The number of ether oxygens (including phenoxy) is 1. The molecule has 0 spiro atoms. The second kappa shape index (κ2) is 11.9. The van der Waals surface area contributed by atoms with Crippen LogP contribution >= 0.6 is 0 Å². The van der Waals surface area contributed by atoms with Crippen molar-refractivity contribution < 1.29 is 33.0 Å². The average molecular weight is 534 g/mol. The van der Waals surface area contributed by atoms with Crippen LogP contribution in [0.5, 0.6) is 5.75 Å². The predicted octanol–water partition coefficient (Wildman–Crippen LogP) is 2.04. The number of aliphatic hydroxyl groups excluding tert-OH is 1. The largest absolute Gasteiger partial charge is 0.488 e. The van der Waals surface area contributed by atoms with E-state index >= 15 is 0 Å². The lowest BCUT2D eigenvalue weighted by Crippen LogP contribution is -2.47. The molecule has 0 saturated heterocycles. The minimum Gasteiger partial charge on any atom is -0.488 e. The third kappa shape index (κ3) is 7.91. The number of carbonyl (C=O) groups is 2. The summed E-state index contributed by atoms with van der Waals surface area (Å²) in [6, 6.07) is 11.2.